The van der Waals surface area contributed by atoms with Crippen LogP contribution < -0.4 is 4.90 Å². The predicted molar refractivity (Wildman–Crippen MR) is 94.7 cm³/mol. The zero-order chi connectivity index (χ0) is 17.3. The zero-order valence-corrected chi connectivity index (χ0v) is 14.6. The summed E-state index contributed by atoms with van der Waals surface area (Å²) >= 11 is 13.2. The highest BCUT2D eigenvalue weighted by molar-refractivity contribution is 7.97. The Labute approximate surface area is 152 Å². The minimum Gasteiger partial charge on any atom is -0.480 e. The lowest BCUT2D eigenvalue weighted by Crippen LogP contribution is -2.45. The standard InChI is InChI=1S/C16H12Cl2N2O3S/c17-11-6-5-10(7-12(11)18)8-20-16(23)19(9-15(21)22)13-3-1-2-4-14(13)24-20/h1-7H,8-9H2,(H,21,22). The summed E-state index contributed by atoms with van der Waals surface area (Å²) in [5.41, 5.74) is 1.40. The number of para-hydroxylation sites is 1. The molecule has 0 fully saturated rings. The Kier molecular flexibility index (Phi) is 4.89. The third-order valence-electron chi connectivity index (χ3n) is 3.41. The van der Waals surface area contributed by atoms with Gasteiger partial charge in [0.15, 0.2) is 0 Å². The molecule has 0 saturated carbocycles. The molecule has 0 unspecified atom stereocenters. The van der Waals surface area contributed by atoms with Crippen LogP contribution in [0.1, 0.15) is 5.56 Å². The molecule has 124 valence electrons. The maximum Gasteiger partial charge on any atom is 0.335 e. The average molecular weight is 383 g/mol. The summed E-state index contributed by atoms with van der Waals surface area (Å²) < 4.78 is 1.50. The number of carboxylic acid groups (broad SMARTS) is 1. The van der Waals surface area contributed by atoms with E-state index in [1.807, 2.05) is 12.1 Å². The fourth-order valence-electron chi connectivity index (χ4n) is 2.34. The average Bonchev–Trinajstić information content (AvgIpc) is 2.54. The van der Waals surface area contributed by atoms with Gasteiger partial charge >= 0.3 is 12.0 Å². The lowest BCUT2D eigenvalue weighted by atomic mass is 10.2. The first-order chi connectivity index (χ1) is 11.5. The summed E-state index contributed by atoms with van der Waals surface area (Å²) in [4.78, 5) is 25.9. The Balaban J connectivity index is 1.90. The van der Waals surface area contributed by atoms with Gasteiger partial charge in [-0.05, 0) is 41.8 Å². The van der Waals surface area contributed by atoms with E-state index in [9.17, 15) is 9.59 Å². The number of fused-ring (bicyclic) bond motifs is 1. The van der Waals surface area contributed by atoms with Gasteiger partial charge in [0.25, 0.3) is 0 Å². The monoisotopic (exact) mass is 382 g/mol. The smallest absolute Gasteiger partial charge is 0.335 e. The zero-order valence-electron chi connectivity index (χ0n) is 12.3. The van der Waals surface area contributed by atoms with E-state index >= 15 is 0 Å². The van der Waals surface area contributed by atoms with E-state index in [2.05, 4.69) is 0 Å². The fraction of sp³-hybridized carbons (Fsp3) is 0.125. The molecule has 5 nitrogen and oxygen atoms in total. The van der Waals surface area contributed by atoms with Crippen molar-refractivity contribution in [1.82, 2.24) is 4.31 Å². The van der Waals surface area contributed by atoms with Gasteiger partial charge in [-0.1, -0.05) is 41.4 Å². The van der Waals surface area contributed by atoms with Gasteiger partial charge in [0, 0.05) is 0 Å². The van der Waals surface area contributed by atoms with Crippen LogP contribution in [-0.4, -0.2) is 28.0 Å². The Morgan fingerprint density at radius 1 is 1.12 bits per heavy atom. The van der Waals surface area contributed by atoms with E-state index in [0.717, 1.165) is 10.5 Å². The molecule has 8 heteroatoms. The van der Waals surface area contributed by atoms with Crippen molar-refractivity contribution >= 4 is 52.8 Å². The van der Waals surface area contributed by atoms with Crippen LogP contribution in [0.25, 0.3) is 0 Å². The van der Waals surface area contributed by atoms with Crippen LogP contribution >= 0.6 is 35.1 Å². The quantitative estimate of drug-likeness (QED) is 0.789. The number of rotatable bonds is 4. The first-order valence-corrected chi connectivity index (χ1v) is 8.50. The Bertz CT molecular complexity index is 816. The van der Waals surface area contributed by atoms with Crippen LogP contribution in [0.15, 0.2) is 47.4 Å². The third kappa shape index (κ3) is 3.45. The first-order valence-electron chi connectivity index (χ1n) is 6.97. The van der Waals surface area contributed by atoms with Gasteiger partial charge < -0.3 is 5.11 Å². The Hall–Kier alpha value is -1.89. The second-order valence-corrected chi connectivity index (χ2v) is 6.98. The molecule has 1 aliphatic heterocycles. The van der Waals surface area contributed by atoms with Crippen LogP contribution in [-0.2, 0) is 11.3 Å². The van der Waals surface area contributed by atoms with E-state index in [0.29, 0.717) is 15.7 Å². The first kappa shape index (κ1) is 17.0. The highest BCUT2D eigenvalue weighted by Gasteiger charge is 2.32. The number of amides is 2. The van der Waals surface area contributed by atoms with Crippen molar-refractivity contribution in [2.45, 2.75) is 11.4 Å². The van der Waals surface area contributed by atoms with Gasteiger partial charge in [0.1, 0.15) is 6.54 Å². The van der Waals surface area contributed by atoms with Crippen LogP contribution in [0.2, 0.25) is 10.0 Å². The van der Waals surface area contributed by atoms with Gasteiger partial charge in [0.2, 0.25) is 0 Å². The summed E-state index contributed by atoms with van der Waals surface area (Å²) in [6.07, 6.45) is 0. The number of carboxylic acids is 1. The van der Waals surface area contributed by atoms with E-state index in [1.54, 1.807) is 30.3 Å². The highest BCUT2D eigenvalue weighted by atomic mass is 35.5. The number of aliphatic carboxylic acids is 1. The summed E-state index contributed by atoms with van der Waals surface area (Å²) in [5, 5.41) is 9.95. The van der Waals surface area contributed by atoms with Crippen LogP contribution in [0.3, 0.4) is 0 Å². The number of hydrogen-bond donors (Lipinski definition) is 1. The molecule has 1 N–H and O–H groups in total. The molecular weight excluding hydrogens is 371 g/mol. The maximum absolute atomic E-state index is 12.7. The number of urea groups is 1. The van der Waals surface area contributed by atoms with Gasteiger partial charge in [-0.2, -0.15) is 0 Å². The molecule has 1 aliphatic rings. The molecule has 0 aliphatic carbocycles. The summed E-state index contributed by atoms with van der Waals surface area (Å²) in [7, 11) is 0. The van der Waals surface area contributed by atoms with Crippen molar-refractivity contribution in [2.75, 3.05) is 11.4 Å². The summed E-state index contributed by atoms with van der Waals surface area (Å²) in [6.45, 7) is -0.112. The molecule has 0 bridgehead atoms. The predicted octanol–water partition coefficient (Wildman–Crippen LogP) is 4.53. The minimum absolute atomic E-state index is 0.283. The molecule has 2 aromatic carbocycles. The van der Waals surface area contributed by atoms with Gasteiger partial charge in [-0.3, -0.25) is 14.0 Å². The molecule has 1 heterocycles. The Morgan fingerprint density at radius 3 is 2.58 bits per heavy atom. The van der Waals surface area contributed by atoms with Gasteiger partial charge in [-0.15, -0.1) is 0 Å². The number of halogens is 2. The van der Waals surface area contributed by atoms with Crippen molar-refractivity contribution in [3.05, 3.63) is 58.1 Å². The van der Waals surface area contributed by atoms with Crippen LogP contribution in [0.5, 0.6) is 0 Å². The van der Waals surface area contributed by atoms with E-state index in [4.69, 9.17) is 28.3 Å². The van der Waals surface area contributed by atoms with Crippen molar-refractivity contribution in [2.24, 2.45) is 0 Å². The van der Waals surface area contributed by atoms with Crippen LogP contribution in [0.4, 0.5) is 10.5 Å². The lowest BCUT2D eigenvalue weighted by molar-refractivity contribution is -0.135. The Morgan fingerprint density at radius 2 is 1.88 bits per heavy atom. The molecule has 0 spiro atoms. The number of anilines is 1. The molecule has 24 heavy (non-hydrogen) atoms. The third-order valence-corrected chi connectivity index (χ3v) is 5.20. The molecule has 2 aromatic rings. The van der Waals surface area contributed by atoms with Crippen molar-refractivity contribution in [3.63, 3.8) is 0 Å². The van der Waals surface area contributed by atoms with Gasteiger partial charge in [-0.25, -0.2) is 4.79 Å². The summed E-state index contributed by atoms with van der Waals surface area (Å²) in [6, 6.07) is 12.0. The van der Waals surface area contributed by atoms with Crippen molar-refractivity contribution in [1.29, 1.82) is 0 Å². The molecule has 0 saturated heterocycles. The molecule has 2 amide bonds. The highest BCUT2D eigenvalue weighted by Crippen LogP contribution is 2.39. The number of carbonyl (C=O) groups is 2. The van der Waals surface area contributed by atoms with E-state index < -0.39 is 12.5 Å². The molecular formula is C16H12Cl2N2O3S. The van der Waals surface area contributed by atoms with Crippen molar-refractivity contribution in [3.8, 4) is 0 Å². The van der Waals surface area contributed by atoms with E-state index in [-0.39, 0.29) is 12.6 Å². The fourth-order valence-corrected chi connectivity index (χ4v) is 3.70. The number of carbonyl (C=O) groups excluding carboxylic acids is 1. The number of hydrogen-bond acceptors (Lipinski definition) is 3. The number of nitrogens with zero attached hydrogens (tertiary/aromatic N) is 2. The SMILES string of the molecule is O=C(O)CN1C(=O)N(Cc2ccc(Cl)c(Cl)c2)Sc2ccccc21. The largest absolute Gasteiger partial charge is 0.480 e. The maximum atomic E-state index is 12.7. The minimum atomic E-state index is -1.07. The number of benzene rings is 2. The molecule has 0 radical (unpaired) electrons. The topological polar surface area (TPSA) is 60.9 Å². The van der Waals surface area contributed by atoms with E-state index in [1.165, 1.54) is 21.2 Å². The van der Waals surface area contributed by atoms with Gasteiger partial charge in [0.05, 0.1) is 27.2 Å². The lowest BCUT2D eigenvalue weighted by Gasteiger charge is -2.35. The normalized spacial score (nSPS) is 13.8. The summed E-state index contributed by atoms with van der Waals surface area (Å²) in [5.74, 6) is -1.07. The van der Waals surface area contributed by atoms with Crippen molar-refractivity contribution < 1.29 is 14.7 Å². The van der Waals surface area contributed by atoms with Crippen LogP contribution in [0, 0.1) is 0 Å². The second kappa shape index (κ2) is 6.93. The second-order valence-electron chi connectivity index (χ2n) is 5.11. The molecule has 0 atom stereocenters. The molecule has 3 rings (SSSR count). The molecule has 0 aromatic heterocycles.